The van der Waals surface area contributed by atoms with E-state index in [0.717, 1.165) is 18.8 Å². The largest absolute Gasteiger partial charge is 0.368 e. The highest BCUT2D eigenvalue weighted by molar-refractivity contribution is 6.10. The number of fused-ring (bicyclic) bond motifs is 1. The standard InChI is InChI=1S/C22H24N4O3/c27-20-16-26(19-9-5-4-8-18(19)23-20)22(29)11-10-21(28)25-14-12-24(13-15-25)17-6-2-1-3-7-17/h1-9H,10-16H2,(H,23,27). The second-order valence-corrected chi connectivity index (χ2v) is 7.25. The lowest BCUT2D eigenvalue weighted by atomic mass is 10.1. The normalized spacial score (nSPS) is 16.3. The van der Waals surface area contributed by atoms with Crippen molar-refractivity contribution in [1.29, 1.82) is 0 Å². The highest BCUT2D eigenvalue weighted by Gasteiger charge is 2.28. The number of hydrogen-bond acceptors (Lipinski definition) is 4. The van der Waals surface area contributed by atoms with Gasteiger partial charge in [0, 0.05) is 44.7 Å². The number of carbonyl (C=O) groups excluding carboxylic acids is 3. The molecule has 0 aliphatic carbocycles. The zero-order chi connectivity index (χ0) is 20.2. The average Bonchev–Trinajstić information content (AvgIpc) is 2.77. The molecular formula is C22H24N4O3. The van der Waals surface area contributed by atoms with Gasteiger partial charge in [-0.3, -0.25) is 14.4 Å². The van der Waals surface area contributed by atoms with Crippen LogP contribution in [0, 0.1) is 0 Å². The van der Waals surface area contributed by atoms with Gasteiger partial charge in [-0.2, -0.15) is 0 Å². The summed E-state index contributed by atoms with van der Waals surface area (Å²) in [5.74, 6) is -0.440. The van der Waals surface area contributed by atoms with Crippen molar-refractivity contribution in [3.05, 3.63) is 54.6 Å². The Morgan fingerprint density at radius 1 is 0.828 bits per heavy atom. The van der Waals surface area contributed by atoms with Gasteiger partial charge in [0.1, 0.15) is 6.54 Å². The lowest BCUT2D eigenvalue weighted by molar-refractivity contribution is -0.133. The molecule has 0 saturated carbocycles. The highest BCUT2D eigenvalue weighted by atomic mass is 16.2. The summed E-state index contributed by atoms with van der Waals surface area (Å²) < 4.78 is 0. The third-order valence-electron chi connectivity index (χ3n) is 5.38. The Bertz CT molecular complexity index is 907. The highest BCUT2D eigenvalue weighted by Crippen LogP contribution is 2.29. The Kier molecular flexibility index (Phi) is 5.46. The van der Waals surface area contributed by atoms with Gasteiger partial charge in [-0.1, -0.05) is 30.3 Å². The average molecular weight is 392 g/mol. The first-order valence-corrected chi connectivity index (χ1v) is 9.89. The molecule has 0 aromatic heterocycles. The first-order valence-electron chi connectivity index (χ1n) is 9.89. The summed E-state index contributed by atoms with van der Waals surface area (Å²) in [6, 6.07) is 17.4. The minimum absolute atomic E-state index is 0.0131. The van der Waals surface area contributed by atoms with Gasteiger partial charge in [-0.05, 0) is 24.3 Å². The van der Waals surface area contributed by atoms with Crippen LogP contribution in [0.25, 0.3) is 0 Å². The topological polar surface area (TPSA) is 73.0 Å². The van der Waals surface area contributed by atoms with E-state index in [9.17, 15) is 14.4 Å². The van der Waals surface area contributed by atoms with Crippen molar-refractivity contribution in [2.75, 3.05) is 47.8 Å². The molecule has 0 bridgehead atoms. The molecule has 3 amide bonds. The van der Waals surface area contributed by atoms with Crippen LogP contribution >= 0.6 is 0 Å². The zero-order valence-corrected chi connectivity index (χ0v) is 16.2. The molecule has 7 nitrogen and oxygen atoms in total. The maximum absolute atomic E-state index is 12.7. The second kappa shape index (κ2) is 8.34. The summed E-state index contributed by atoms with van der Waals surface area (Å²) in [5, 5.41) is 2.77. The Morgan fingerprint density at radius 2 is 1.48 bits per heavy atom. The molecule has 2 aromatic carbocycles. The molecule has 1 N–H and O–H groups in total. The molecule has 150 valence electrons. The van der Waals surface area contributed by atoms with Crippen molar-refractivity contribution >= 4 is 34.8 Å². The fourth-order valence-corrected chi connectivity index (χ4v) is 3.82. The van der Waals surface area contributed by atoms with E-state index < -0.39 is 0 Å². The number of piperazine rings is 1. The third kappa shape index (κ3) is 4.23. The van der Waals surface area contributed by atoms with Gasteiger partial charge in [-0.15, -0.1) is 0 Å². The van der Waals surface area contributed by atoms with E-state index in [1.165, 1.54) is 4.90 Å². The number of nitrogens with one attached hydrogen (secondary N) is 1. The predicted molar refractivity (Wildman–Crippen MR) is 112 cm³/mol. The van der Waals surface area contributed by atoms with Crippen LogP contribution in [0.2, 0.25) is 0 Å². The quantitative estimate of drug-likeness (QED) is 0.865. The van der Waals surface area contributed by atoms with Crippen molar-refractivity contribution in [3.8, 4) is 0 Å². The minimum Gasteiger partial charge on any atom is -0.368 e. The van der Waals surface area contributed by atoms with Crippen molar-refractivity contribution in [2.24, 2.45) is 0 Å². The molecule has 2 aromatic rings. The smallest absolute Gasteiger partial charge is 0.244 e. The maximum atomic E-state index is 12.7. The molecule has 0 atom stereocenters. The van der Waals surface area contributed by atoms with Crippen molar-refractivity contribution in [2.45, 2.75) is 12.8 Å². The van der Waals surface area contributed by atoms with Gasteiger partial charge in [0.2, 0.25) is 17.7 Å². The molecule has 2 aliphatic heterocycles. The third-order valence-corrected chi connectivity index (χ3v) is 5.38. The zero-order valence-electron chi connectivity index (χ0n) is 16.2. The van der Waals surface area contributed by atoms with Crippen LogP contribution in [-0.4, -0.2) is 55.3 Å². The first kappa shape index (κ1) is 19.0. The summed E-state index contributed by atoms with van der Waals surface area (Å²) in [6.07, 6.45) is 0.254. The summed E-state index contributed by atoms with van der Waals surface area (Å²) in [7, 11) is 0. The molecular weight excluding hydrogens is 368 g/mol. The number of anilines is 3. The fourth-order valence-electron chi connectivity index (χ4n) is 3.82. The van der Waals surface area contributed by atoms with Crippen LogP contribution in [0.3, 0.4) is 0 Å². The van der Waals surface area contributed by atoms with Crippen LogP contribution in [-0.2, 0) is 14.4 Å². The Labute approximate surface area is 169 Å². The van der Waals surface area contributed by atoms with Gasteiger partial charge in [0.15, 0.2) is 0 Å². The molecule has 4 rings (SSSR count). The van der Waals surface area contributed by atoms with Crippen LogP contribution in [0.1, 0.15) is 12.8 Å². The van der Waals surface area contributed by atoms with Gasteiger partial charge in [-0.25, -0.2) is 0 Å². The van der Waals surface area contributed by atoms with Crippen LogP contribution < -0.4 is 15.1 Å². The summed E-state index contributed by atoms with van der Waals surface area (Å²) in [4.78, 5) is 42.7. The van der Waals surface area contributed by atoms with E-state index in [2.05, 4.69) is 22.3 Å². The number of rotatable bonds is 4. The van der Waals surface area contributed by atoms with Crippen LogP contribution in [0.4, 0.5) is 17.1 Å². The van der Waals surface area contributed by atoms with E-state index in [1.807, 2.05) is 35.2 Å². The van der Waals surface area contributed by atoms with E-state index in [4.69, 9.17) is 0 Å². The van der Waals surface area contributed by atoms with Crippen molar-refractivity contribution in [3.63, 3.8) is 0 Å². The maximum Gasteiger partial charge on any atom is 0.244 e. The second-order valence-electron chi connectivity index (χ2n) is 7.25. The minimum atomic E-state index is -0.222. The van der Waals surface area contributed by atoms with Crippen LogP contribution in [0.5, 0.6) is 0 Å². The van der Waals surface area contributed by atoms with Gasteiger partial charge < -0.3 is 20.0 Å². The lowest BCUT2D eigenvalue weighted by Crippen LogP contribution is -2.49. The van der Waals surface area contributed by atoms with Crippen molar-refractivity contribution in [1.82, 2.24) is 4.90 Å². The molecule has 7 heteroatoms. The molecule has 2 heterocycles. The monoisotopic (exact) mass is 392 g/mol. The van der Waals surface area contributed by atoms with Gasteiger partial charge >= 0.3 is 0 Å². The summed E-state index contributed by atoms with van der Waals surface area (Å²) in [6.45, 7) is 2.85. The molecule has 1 saturated heterocycles. The molecule has 0 spiro atoms. The van der Waals surface area contributed by atoms with E-state index in [0.29, 0.717) is 24.5 Å². The van der Waals surface area contributed by atoms with E-state index >= 15 is 0 Å². The number of hydrogen-bond donors (Lipinski definition) is 1. The van der Waals surface area contributed by atoms with Gasteiger partial charge in [0.05, 0.1) is 11.4 Å². The van der Waals surface area contributed by atoms with Gasteiger partial charge in [0.25, 0.3) is 0 Å². The summed E-state index contributed by atoms with van der Waals surface area (Å²) in [5.41, 5.74) is 2.47. The Balaban J connectivity index is 1.30. The molecule has 0 radical (unpaired) electrons. The molecule has 0 unspecified atom stereocenters. The molecule has 1 fully saturated rings. The number of amides is 3. The lowest BCUT2D eigenvalue weighted by Gasteiger charge is -2.36. The van der Waals surface area contributed by atoms with Crippen LogP contribution in [0.15, 0.2) is 54.6 Å². The number of benzene rings is 2. The van der Waals surface area contributed by atoms with E-state index in [1.54, 1.807) is 12.1 Å². The first-order chi connectivity index (χ1) is 14.1. The number of para-hydroxylation sites is 3. The molecule has 2 aliphatic rings. The predicted octanol–water partition coefficient (Wildman–Crippen LogP) is 2.10. The van der Waals surface area contributed by atoms with E-state index in [-0.39, 0.29) is 37.1 Å². The Hall–Kier alpha value is -3.35. The number of carbonyl (C=O) groups is 3. The number of nitrogens with zero attached hydrogens (tertiary/aromatic N) is 3. The Morgan fingerprint density at radius 3 is 2.24 bits per heavy atom. The summed E-state index contributed by atoms with van der Waals surface area (Å²) >= 11 is 0. The fraction of sp³-hybridized carbons (Fsp3) is 0.318. The molecule has 29 heavy (non-hydrogen) atoms. The SMILES string of the molecule is O=C1CN(C(=O)CCC(=O)N2CCN(c3ccccc3)CC2)c2ccccc2N1. The van der Waals surface area contributed by atoms with Crippen molar-refractivity contribution < 1.29 is 14.4 Å².